The Kier molecular flexibility index (Phi) is 16.9. The van der Waals surface area contributed by atoms with Gasteiger partial charge in [-0.15, -0.1) is 0 Å². The van der Waals surface area contributed by atoms with Crippen LogP contribution in [0.4, 0.5) is 0 Å². The van der Waals surface area contributed by atoms with Crippen LogP contribution in [0.5, 0.6) is 5.75 Å². The normalized spacial score (nSPS) is 12.7. The first kappa shape index (κ1) is 32.5. The van der Waals surface area contributed by atoms with Crippen molar-refractivity contribution in [3.05, 3.63) is 28.8 Å². The molecule has 3 nitrogen and oxygen atoms in total. The van der Waals surface area contributed by atoms with Gasteiger partial charge in [-0.1, -0.05) is 149 Å². The summed E-state index contributed by atoms with van der Waals surface area (Å²) < 4.78 is 0. The van der Waals surface area contributed by atoms with Crippen molar-refractivity contribution in [1.29, 1.82) is 0 Å². The molecule has 0 bridgehead atoms. The molecular formula is C33H58O3. The summed E-state index contributed by atoms with van der Waals surface area (Å²) in [6, 6.07) is 4.03. The first-order valence-corrected chi connectivity index (χ1v) is 15.3. The van der Waals surface area contributed by atoms with Crippen molar-refractivity contribution in [1.82, 2.24) is 0 Å². The van der Waals surface area contributed by atoms with E-state index in [2.05, 4.69) is 27.7 Å². The van der Waals surface area contributed by atoms with Gasteiger partial charge < -0.3 is 10.2 Å². The maximum absolute atomic E-state index is 11.9. The van der Waals surface area contributed by atoms with E-state index in [-0.39, 0.29) is 11.3 Å². The van der Waals surface area contributed by atoms with Gasteiger partial charge in [0.15, 0.2) is 0 Å². The van der Waals surface area contributed by atoms with Gasteiger partial charge in [-0.05, 0) is 41.4 Å². The van der Waals surface area contributed by atoms with Crippen molar-refractivity contribution < 1.29 is 15.0 Å². The van der Waals surface area contributed by atoms with E-state index in [9.17, 15) is 15.0 Å². The van der Waals surface area contributed by atoms with E-state index in [4.69, 9.17) is 0 Å². The van der Waals surface area contributed by atoms with Crippen molar-refractivity contribution >= 4 is 5.97 Å². The van der Waals surface area contributed by atoms with Gasteiger partial charge in [-0.25, -0.2) is 0 Å². The molecule has 0 fully saturated rings. The van der Waals surface area contributed by atoms with Gasteiger partial charge >= 0.3 is 5.97 Å². The summed E-state index contributed by atoms with van der Waals surface area (Å²) in [6.07, 6.45) is 23.3. The lowest BCUT2D eigenvalue weighted by Crippen LogP contribution is -2.18. The number of aliphatic carboxylic acids is 1. The second-order valence-corrected chi connectivity index (χ2v) is 12.1. The van der Waals surface area contributed by atoms with Crippen molar-refractivity contribution in [3.8, 4) is 5.75 Å². The minimum atomic E-state index is -0.695. The monoisotopic (exact) mass is 502 g/mol. The minimum absolute atomic E-state index is 0.170. The van der Waals surface area contributed by atoms with Gasteiger partial charge in [0.1, 0.15) is 5.75 Å². The number of phenols is 1. The Bertz CT molecular complexity index is 716. The summed E-state index contributed by atoms with van der Waals surface area (Å²) in [4.78, 5) is 11.9. The first-order valence-electron chi connectivity index (χ1n) is 15.3. The molecule has 0 amide bonds. The molecule has 1 rings (SSSR count). The highest BCUT2D eigenvalue weighted by molar-refractivity contribution is 5.70. The second-order valence-electron chi connectivity index (χ2n) is 12.1. The number of aromatic hydroxyl groups is 1. The fourth-order valence-corrected chi connectivity index (χ4v) is 5.26. The highest BCUT2D eigenvalue weighted by Crippen LogP contribution is 2.35. The summed E-state index contributed by atoms with van der Waals surface area (Å²) in [5.41, 5.74) is 2.71. The molecular weight excluding hydrogens is 444 g/mol. The number of rotatable bonds is 21. The predicted molar refractivity (Wildman–Crippen MR) is 155 cm³/mol. The third-order valence-corrected chi connectivity index (χ3v) is 7.68. The maximum atomic E-state index is 11.9. The van der Waals surface area contributed by atoms with E-state index >= 15 is 0 Å². The van der Waals surface area contributed by atoms with Crippen LogP contribution in [0.2, 0.25) is 0 Å². The van der Waals surface area contributed by atoms with E-state index in [1.165, 1.54) is 89.9 Å². The molecule has 0 spiro atoms. The van der Waals surface area contributed by atoms with E-state index in [1.807, 2.05) is 19.1 Å². The average Bonchev–Trinajstić information content (AvgIpc) is 2.82. The van der Waals surface area contributed by atoms with E-state index in [1.54, 1.807) is 0 Å². The van der Waals surface area contributed by atoms with Crippen LogP contribution >= 0.6 is 0 Å². The largest absolute Gasteiger partial charge is 0.507 e. The van der Waals surface area contributed by atoms with Crippen LogP contribution in [0, 0.1) is 5.92 Å². The molecule has 0 aliphatic carbocycles. The van der Waals surface area contributed by atoms with E-state index in [0.717, 1.165) is 42.4 Å². The van der Waals surface area contributed by atoms with E-state index < -0.39 is 5.97 Å². The number of carboxylic acid groups (broad SMARTS) is 1. The number of phenolic OH excluding ortho intramolecular Hbond substituents is 1. The highest BCUT2D eigenvalue weighted by Gasteiger charge is 2.23. The van der Waals surface area contributed by atoms with Crippen molar-refractivity contribution in [2.45, 2.75) is 162 Å². The summed E-state index contributed by atoms with van der Waals surface area (Å²) >= 11 is 0. The minimum Gasteiger partial charge on any atom is -0.507 e. The van der Waals surface area contributed by atoms with Crippen molar-refractivity contribution in [3.63, 3.8) is 0 Å². The molecule has 1 aromatic carbocycles. The van der Waals surface area contributed by atoms with Gasteiger partial charge in [0.2, 0.25) is 0 Å². The van der Waals surface area contributed by atoms with Crippen LogP contribution in [0.15, 0.2) is 12.1 Å². The predicted octanol–water partition coefficient (Wildman–Crippen LogP) is 10.1. The Morgan fingerprint density at radius 3 is 1.58 bits per heavy atom. The first-order chi connectivity index (χ1) is 17.2. The summed E-state index contributed by atoms with van der Waals surface area (Å²) in [5.74, 6) is -0.670. The molecule has 1 atom stereocenters. The van der Waals surface area contributed by atoms with Crippen molar-refractivity contribution in [2.75, 3.05) is 0 Å². The Balaban J connectivity index is 2.23. The number of carbonyl (C=O) groups is 1. The fraction of sp³-hybridized carbons (Fsp3) is 0.788. The highest BCUT2D eigenvalue weighted by atomic mass is 16.4. The summed E-state index contributed by atoms with van der Waals surface area (Å²) in [6.45, 7) is 10.6. The smallest absolute Gasteiger partial charge is 0.306 e. The lowest BCUT2D eigenvalue weighted by atomic mass is 9.82. The van der Waals surface area contributed by atoms with Crippen molar-refractivity contribution in [2.24, 2.45) is 5.92 Å². The standard InChI is InChI=1S/C33H58O3/c1-6-8-9-10-11-12-13-14-15-16-17-18-19-20-21-22-23-29(32(35)36)25-27-24-28(7-2)31(34)30(26-27)33(3,4)5/h24,26,29,34H,6-23,25H2,1-5H3,(H,35,36). The number of benzene rings is 1. The van der Waals surface area contributed by atoms with Crippen LogP contribution in [0.1, 0.15) is 160 Å². The zero-order valence-electron chi connectivity index (χ0n) is 24.5. The number of hydrogen-bond acceptors (Lipinski definition) is 2. The molecule has 3 heteroatoms. The third-order valence-electron chi connectivity index (χ3n) is 7.68. The van der Waals surface area contributed by atoms with Crippen LogP contribution in [-0.4, -0.2) is 16.2 Å². The molecule has 1 aromatic rings. The zero-order chi connectivity index (χ0) is 26.8. The molecule has 0 saturated carbocycles. The molecule has 208 valence electrons. The van der Waals surface area contributed by atoms with Gasteiger partial charge in [0.25, 0.3) is 0 Å². The molecule has 0 saturated heterocycles. The number of carboxylic acids is 1. The molecule has 0 radical (unpaired) electrons. The van der Waals surface area contributed by atoms with Crippen LogP contribution in [-0.2, 0) is 23.1 Å². The molecule has 0 aliphatic rings. The Morgan fingerprint density at radius 1 is 0.750 bits per heavy atom. The molecule has 0 aliphatic heterocycles. The Morgan fingerprint density at radius 2 is 1.19 bits per heavy atom. The SMILES string of the molecule is CCCCCCCCCCCCCCCCCCC(Cc1cc(CC)c(O)c(C(C)(C)C)c1)C(=O)O. The number of aryl methyl sites for hydroxylation is 1. The number of unbranched alkanes of at least 4 members (excludes halogenated alkanes) is 15. The maximum Gasteiger partial charge on any atom is 0.306 e. The molecule has 1 unspecified atom stereocenters. The molecule has 36 heavy (non-hydrogen) atoms. The third kappa shape index (κ3) is 13.7. The average molecular weight is 503 g/mol. The molecule has 0 aromatic heterocycles. The van der Waals surface area contributed by atoms with Gasteiger partial charge in [-0.2, -0.15) is 0 Å². The molecule has 0 heterocycles. The van der Waals surface area contributed by atoms with Gasteiger partial charge in [0, 0.05) is 0 Å². The Labute approximate surface area is 223 Å². The van der Waals surface area contributed by atoms with Gasteiger partial charge in [0.05, 0.1) is 5.92 Å². The summed E-state index contributed by atoms with van der Waals surface area (Å²) in [7, 11) is 0. The second kappa shape index (κ2) is 18.7. The topological polar surface area (TPSA) is 57.5 Å². The summed E-state index contributed by atoms with van der Waals surface area (Å²) in [5, 5.41) is 20.5. The van der Waals surface area contributed by atoms with Crippen LogP contribution in [0.25, 0.3) is 0 Å². The molecule has 2 N–H and O–H groups in total. The van der Waals surface area contributed by atoms with E-state index in [0.29, 0.717) is 12.2 Å². The van der Waals surface area contributed by atoms with Crippen LogP contribution in [0.3, 0.4) is 0 Å². The van der Waals surface area contributed by atoms with Gasteiger partial charge in [-0.3, -0.25) is 4.79 Å². The lowest BCUT2D eigenvalue weighted by molar-refractivity contribution is -0.142. The fourth-order valence-electron chi connectivity index (χ4n) is 5.26. The number of hydrogen-bond donors (Lipinski definition) is 2. The Hall–Kier alpha value is -1.51. The lowest BCUT2D eigenvalue weighted by Gasteiger charge is -2.24. The zero-order valence-corrected chi connectivity index (χ0v) is 24.5. The quantitative estimate of drug-likeness (QED) is 0.164. The van der Waals surface area contributed by atoms with Crippen LogP contribution < -0.4 is 0 Å².